The van der Waals surface area contributed by atoms with E-state index in [0.717, 1.165) is 24.8 Å². The first-order valence-electron chi connectivity index (χ1n) is 9.07. The number of rotatable bonds is 4. The molecule has 3 N–H and O–H groups in total. The van der Waals surface area contributed by atoms with E-state index in [1.54, 1.807) is 11.0 Å². The maximum Gasteiger partial charge on any atom is 0.254 e. The fourth-order valence-corrected chi connectivity index (χ4v) is 3.60. The van der Waals surface area contributed by atoms with Crippen molar-refractivity contribution in [2.24, 2.45) is 11.7 Å². The topological polar surface area (TPSA) is 84.7 Å². The summed E-state index contributed by atoms with van der Waals surface area (Å²) in [4.78, 5) is 26.8. The molecule has 1 aromatic carbocycles. The molecule has 1 aliphatic heterocycles. The van der Waals surface area contributed by atoms with Crippen LogP contribution >= 0.6 is 12.4 Å². The number of morpholine rings is 1. The molecule has 1 aliphatic carbocycles. The van der Waals surface area contributed by atoms with Crippen LogP contribution in [0.4, 0.5) is 5.69 Å². The molecule has 26 heavy (non-hydrogen) atoms. The van der Waals surface area contributed by atoms with Gasteiger partial charge in [-0.25, -0.2) is 0 Å². The van der Waals surface area contributed by atoms with Crippen LogP contribution in [0.25, 0.3) is 0 Å². The number of carbonyl (C=O) groups excluding carboxylic acids is 2. The maximum atomic E-state index is 12.6. The van der Waals surface area contributed by atoms with Gasteiger partial charge >= 0.3 is 0 Å². The molecule has 1 heterocycles. The van der Waals surface area contributed by atoms with Gasteiger partial charge in [0.2, 0.25) is 5.91 Å². The lowest BCUT2D eigenvalue weighted by Gasteiger charge is -2.27. The number of halogens is 1. The highest BCUT2D eigenvalue weighted by atomic mass is 35.5. The summed E-state index contributed by atoms with van der Waals surface area (Å²) in [6, 6.07) is 5.60. The van der Waals surface area contributed by atoms with E-state index >= 15 is 0 Å². The first-order valence-corrected chi connectivity index (χ1v) is 9.07. The van der Waals surface area contributed by atoms with E-state index in [-0.39, 0.29) is 36.2 Å². The number of benzene rings is 1. The molecule has 1 aromatic rings. The second kappa shape index (κ2) is 9.35. The second-order valence-electron chi connectivity index (χ2n) is 7.04. The van der Waals surface area contributed by atoms with Crippen LogP contribution in [0.3, 0.4) is 0 Å². The summed E-state index contributed by atoms with van der Waals surface area (Å²) in [5.41, 5.74) is 8.31. The van der Waals surface area contributed by atoms with Crippen molar-refractivity contribution in [1.29, 1.82) is 0 Å². The van der Waals surface area contributed by atoms with Crippen molar-refractivity contribution in [3.8, 4) is 0 Å². The number of aryl methyl sites for hydroxylation is 1. The average molecular weight is 382 g/mol. The molecule has 2 aliphatic rings. The molecule has 1 saturated heterocycles. The largest absolute Gasteiger partial charge is 0.378 e. The third-order valence-corrected chi connectivity index (χ3v) is 5.22. The third kappa shape index (κ3) is 4.96. The second-order valence-corrected chi connectivity index (χ2v) is 7.04. The molecule has 1 saturated carbocycles. The predicted octanol–water partition coefficient (Wildman–Crippen LogP) is 2.35. The van der Waals surface area contributed by atoms with Crippen molar-refractivity contribution in [3.05, 3.63) is 29.3 Å². The van der Waals surface area contributed by atoms with Crippen LogP contribution in [0.2, 0.25) is 0 Å². The fraction of sp³-hybridized carbons (Fsp3) is 0.579. The van der Waals surface area contributed by atoms with Crippen LogP contribution in [0.1, 0.15) is 41.6 Å². The van der Waals surface area contributed by atoms with Crippen LogP contribution in [0, 0.1) is 12.8 Å². The van der Waals surface area contributed by atoms with E-state index in [2.05, 4.69) is 5.32 Å². The summed E-state index contributed by atoms with van der Waals surface area (Å²) < 4.78 is 5.29. The van der Waals surface area contributed by atoms with Gasteiger partial charge in [0.15, 0.2) is 0 Å². The van der Waals surface area contributed by atoms with Crippen molar-refractivity contribution in [2.75, 3.05) is 31.6 Å². The number of nitrogens with two attached hydrogens (primary N) is 1. The smallest absolute Gasteiger partial charge is 0.254 e. The van der Waals surface area contributed by atoms with Gasteiger partial charge in [-0.05, 0) is 43.4 Å². The molecule has 0 bridgehead atoms. The zero-order chi connectivity index (χ0) is 17.8. The summed E-state index contributed by atoms with van der Waals surface area (Å²) in [6.07, 6.45) is 3.56. The Morgan fingerprint density at radius 3 is 2.65 bits per heavy atom. The molecule has 0 spiro atoms. The van der Waals surface area contributed by atoms with Gasteiger partial charge in [-0.15, -0.1) is 12.4 Å². The minimum Gasteiger partial charge on any atom is -0.378 e. The zero-order valence-corrected chi connectivity index (χ0v) is 16.0. The van der Waals surface area contributed by atoms with Crippen molar-refractivity contribution < 1.29 is 14.3 Å². The number of anilines is 1. The van der Waals surface area contributed by atoms with Crippen LogP contribution in [-0.4, -0.2) is 49.1 Å². The molecule has 2 atom stereocenters. The van der Waals surface area contributed by atoms with Gasteiger partial charge in [-0.3, -0.25) is 9.59 Å². The molecular formula is C19H28ClN3O3. The lowest BCUT2D eigenvalue weighted by atomic mass is 9.99. The van der Waals surface area contributed by atoms with Crippen LogP contribution in [-0.2, 0) is 9.53 Å². The monoisotopic (exact) mass is 381 g/mol. The number of hydrogen-bond acceptors (Lipinski definition) is 4. The third-order valence-electron chi connectivity index (χ3n) is 5.22. The highest BCUT2D eigenvalue weighted by molar-refractivity contribution is 5.97. The summed E-state index contributed by atoms with van der Waals surface area (Å²) in [6.45, 7) is 4.29. The van der Waals surface area contributed by atoms with E-state index in [0.29, 0.717) is 44.0 Å². The minimum atomic E-state index is -0.0265. The van der Waals surface area contributed by atoms with Gasteiger partial charge < -0.3 is 20.7 Å². The molecule has 3 rings (SSSR count). The average Bonchev–Trinajstić information content (AvgIpc) is 3.01. The number of nitrogens with one attached hydrogen (secondary N) is 1. The Labute approximate surface area is 160 Å². The van der Waals surface area contributed by atoms with Gasteiger partial charge in [0.05, 0.1) is 13.2 Å². The van der Waals surface area contributed by atoms with Crippen molar-refractivity contribution in [2.45, 2.75) is 38.6 Å². The lowest BCUT2D eigenvalue weighted by Crippen LogP contribution is -2.40. The summed E-state index contributed by atoms with van der Waals surface area (Å²) in [5, 5.41) is 2.97. The Morgan fingerprint density at radius 1 is 1.27 bits per heavy atom. The Hall–Kier alpha value is -1.63. The molecule has 2 amide bonds. The van der Waals surface area contributed by atoms with E-state index in [1.165, 1.54) is 0 Å². The van der Waals surface area contributed by atoms with Crippen LogP contribution < -0.4 is 11.1 Å². The Bertz CT molecular complexity index is 647. The Morgan fingerprint density at radius 2 is 2.00 bits per heavy atom. The molecule has 144 valence electrons. The highest BCUT2D eigenvalue weighted by Gasteiger charge is 2.26. The standard InChI is InChI=1S/C19H27N3O3.ClH/c1-13-5-6-15(19(24)22-7-9-25-10-8-22)11-17(13)21-18(23)12-14-3-2-4-16(14)20;/h5-6,11,14,16H,2-4,7-10,12,20H2,1H3,(H,21,23);1H/t14-,16+;/m0./s1. The molecule has 6 nitrogen and oxygen atoms in total. The summed E-state index contributed by atoms with van der Waals surface area (Å²) in [7, 11) is 0. The number of hydrogen-bond donors (Lipinski definition) is 2. The summed E-state index contributed by atoms with van der Waals surface area (Å²) in [5.74, 6) is 0.219. The molecule has 2 fully saturated rings. The first-order chi connectivity index (χ1) is 12.0. The van der Waals surface area contributed by atoms with Crippen LogP contribution in [0.15, 0.2) is 18.2 Å². The van der Waals surface area contributed by atoms with Crippen LogP contribution in [0.5, 0.6) is 0 Å². The summed E-state index contributed by atoms with van der Waals surface area (Å²) >= 11 is 0. The fourth-order valence-electron chi connectivity index (χ4n) is 3.60. The number of ether oxygens (including phenoxy) is 1. The molecule has 0 aromatic heterocycles. The number of nitrogens with zero attached hydrogens (tertiary/aromatic N) is 1. The lowest BCUT2D eigenvalue weighted by molar-refractivity contribution is -0.117. The minimum absolute atomic E-state index is 0. The molecule has 0 radical (unpaired) electrons. The van der Waals surface area contributed by atoms with E-state index in [9.17, 15) is 9.59 Å². The van der Waals surface area contributed by atoms with Crippen molar-refractivity contribution >= 4 is 29.9 Å². The normalized spacial score (nSPS) is 22.6. The van der Waals surface area contributed by atoms with E-state index in [4.69, 9.17) is 10.5 Å². The molecule has 7 heteroatoms. The first kappa shape index (κ1) is 20.7. The number of carbonyl (C=O) groups is 2. The van der Waals surface area contributed by atoms with Gasteiger partial charge in [0.1, 0.15) is 0 Å². The van der Waals surface area contributed by atoms with Gasteiger partial charge in [-0.2, -0.15) is 0 Å². The van der Waals surface area contributed by atoms with Crippen molar-refractivity contribution in [1.82, 2.24) is 4.90 Å². The predicted molar refractivity (Wildman–Crippen MR) is 104 cm³/mol. The number of amides is 2. The van der Waals surface area contributed by atoms with Gasteiger partial charge in [-0.1, -0.05) is 12.5 Å². The SMILES string of the molecule is Cc1ccc(C(=O)N2CCOCC2)cc1NC(=O)C[C@@H]1CCC[C@H]1N.Cl. The van der Waals surface area contributed by atoms with E-state index in [1.807, 2.05) is 19.1 Å². The maximum absolute atomic E-state index is 12.6. The zero-order valence-electron chi connectivity index (χ0n) is 15.2. The Kier molecular flexibility index (Phi) is 7.43. The Balaban J connectivity index is 0.00000243. The molecule has 0 unspecified atom stereocenters. The van der Waals surface area contributed by atoms with E-state index < -0.39 is 0 Å². The molecular weight excluding hydrogens is 354 g/mol. The van der Waals surface area contributed by atoms with Gasteiger partial charge in [0, 0.05) is 36.8 Å². The van der Waals surface area contributed by atoms with Gasteiger partial charge in [0.25, 0.3) is 5.91 Å². The quantitative estimate of drug-likeness (QED) is 0.838. The highest BCUT2D eigenvalue weighted by Crippen LogP contribution is 2.27. The van der Waals surface area contributed by atoms with Crippen molar-refractivity contribution in [3.63, 3.8) is 0 Å².